The SMILES string of the molecule is CCC(C)N(CC)S(=O)(=O)c1c(C)oc(C)c1CCl. The van der Waals surface area contributed by atoms with Gasteiger partial charge in [0.05, 0.1) is 5.88 Å². The molecule has 0 aliphatic carbocycles. The fraction of sp³-hybridized carbons (Fsp3) is 0.692. The van der Waals surface area contributed by atoms with E-state index in [1.165, 1.54) is 4.31 Å². The van der Waals surface area contributed by atoms with Gasteiger partial charge in [-0.15, -0.1) is 11.6 Å². The van der Waals surface area contributed by atoms with E-state index in [-0.39, 0.29) is 16.8 Å². The Hall–Kier alpha value is -0.520. The third kappa shape index (κ3) is 2.98. The predicted octanol–water partition coefficient (Wildman–Crippen LogP) is 3.44. The Kier molecular flexibility index (Phi) is 5.47. The van der Waals surface area contributed by atoms with Crippen LogP contribution in [0.3, 0.4) is 0 Å². The Bertz CT molecular complexity index is 536. The zero-order chi connectivity index (χ0) is 14.8. The van der Waals surface area contributed by atoms with E-state index < -0.39 is 10.0 Å². The van der Waals surface area contributed by atoms with E-state index in [0.29, 0.717) is 23.6 Å². The Morgan fingerprint density at radius 2 is 1.84 bits per heavy atom. The van der Waals surface area contributed by atoms with Crippen molar-refractivity contribution in [2.24, 2.45) is 0 Å². The molecule has 0 bridgehead atoms. The first-order valence-electron chi connectivity index (χ1n) is 6.47. The van der Waals surface area contributed by atoms with Crippen molar-refractivity contribution >= 4 is 21.6 Å². The molecule has 19 heavy (non-hydrogen) atoms. The summed E-state index contributed by atoms with van der Waals surface area (Å²) in [6, 6.07) is -0.0484. The van der Waals surface area contributed by atoms with Crippen LogP contribution in [0, 0.1) is 13.8 Å². The fourth-order valence-corrected chi connectivity index (χ4v) is 4.77. The van der Waals surface area contributed by atoms with Crippen molar-refractivity contribution in [1.29, 1.82) is 0 Å². The van der Waals surface area contributed by atoms with E-state index >= 15 is 0 Å². The number of hydrogen-bond acceptors (Lipinski definition) is 3. The predicted molar refractivity (Wildman–Crippen MR) is 77.1 cm³/mol. The van der Waals surface area contributed by atoms with Gasteiger partial charge < -0.3 is 4.42 Å². The Balaban J connectivity index is 3.42. The second kappa shape index (κ2) is 6.29. The number of hydrogen-bond donors (Lipinski definition) is 0. The van der Waals surface area contributed by atoms with Gasteiger partial charge in [-0.3, -0.25) is 0 Å². The van der Waals surface area contributed by atoms with E-state index in [0.717, 1.165) is 6.42 Å². The van der Waals surface area contributed by atoms with Crippen LogP contribution in [0.2, 0.25) is 0 Å². The van der Waals surface area contributed by atoms with E-state index in [9.17, 15) is 8.42 Å². The summed E-state index contributed by atoms with van der Waals surface area (Å²) in [6.45, 7) is 9.56. The van der Waals surface area contributed by atoms with Crippen LogP contribution in [0.4, 0.5) is 0 Å². The molecule has 110 valence electrons. The van der Waals surface area contributed by atoms with Gasteiger partial charge in [0.25, 0.3) is 0 Å². The highest BCUT2D eigenvalue weighted by molar-refractivity contribution is 7.89. The zero-order valence-corrected chi connectivity index (χ0v) is 13.7. The zero-order valence-electron chi connectivity index (χ0n) is 12.2. The lowest BCUT2D eigenvalue weighted by molar-refractivity contribution is 0.341. The largest absolute Gasteiger partial charge is 0.465 e. The lowest BCUT2D eigenvalue weighted by Gasteiger charge is -2.26. The van der Waals surface area contributed by atoms with Gasteiger partial charge in [-0.1, -0.05) is 13.8 Å². The molecule has 1 aromatic rings. The topological polar surface area (TPSA) is 50.5 Å². The van der Waals surface area contributed by atoms with Crippen molar-refractivity contribution < 1.29 is 12.8 Å². The van der Waals surface area contributed by atoms with Crippen molar-refractivity contribution in [3.63, 3.8) is 0 Å². The van der Waals surface area contributed by atoms with Gasteiger partial charge in [0, 0.05) is 18.2 Å². The molecule has 0 aliphatic heterocycles. The third-order valence-electron chi connectivity index (χ3n) is 3.42. The number of furan rings is 1. The highest BCUT2D eigenvalue weighted by atomic mass is 35.5. The van der Waals surface area contributed by atoms with Gasteiger partial charge in [0.15, 0.2) is 0 Å². The van der Waals surface area contributed by atoms with Crippen molar-refractivity contribution in [1.82, 2.24) is 4.31 Å². The Morgan fingerprint density at radius 1 is 1.26 bits per heavy atom. The number of nitrogens with zero attached hydrogens (tertiary/aromatic N) is 1. The number of halogens is 1. The van der Waals surface area contributed by atoms with Crippen molar-refractivity contribution in [2.45, 2.75) is 57.9 Å². The Labute approximate surface area is 120 Å². The third-order valence-corrected chi connectivity index (χ3v) is 5.97. The lowest BCUT2D eigenvalue weighted by Crippen LogP contribution is -2.38. The van der Waals surface area contributed by atoms with E-state index in [2.05, 4.69) is 0 Å². The molecular weight excluding hydrogens is 286 g/mol. The molecule has 1 rings (SSSR count). The molecule has 0 spiro atoms. The van der Waals surface area contributed by atoms with Crippen LogP contribution >= 0.6 is 11.6 Å². The first kappa shape index (κ1) is 16.5. The quantitative estimate of drug-likeness (QED) is 0.756. The standard InChI is InChI=1S/C13H22ClNO3S/c1-6-9(3)15(7-2)19(16,17)13-11(5)18-10(4)12(13)8-14/h9H,6-8H2,1-5H3. The van der Waals surface area contributed by atoms with Gasteiger partial charge in [-0.05, 0) is 27.2 Å². The van der Waals surface area contributed by atoms with Gasteiger partial charge in [-0.25, -0.2) is 8.42 Å². The maximum Gasteiger partial charge on any atom is 0.247 e. The fourth-order valence-electron chi connectivity index (χ4n) is 2.24. The van der Waals surface area contributed by atoms with Crippen LogP contribution in [0.1, 0.15) is 44.3 Å². The molecule has 0 aromatic carbocycles. The minimum absolute atomic E-state index is 0.0484. The van der Waals surface area contributed by atoms with Crippen LogP contribution in [0.15, 0.2) is 9.31 Å². The highest BCUT2D eigenvalue weighted by Crippen LogP contribution is 2.31. The average Bonchev–Trinajstić information content (AvgIpc) is 2.64. The van der Waals surface area contributed by atoms with Crippen LogP contribution in [-0.2, 0) is 15.9 Å². The normalized spacial score (nSPS) is 14.1. The van der Waals surface area contributed by atoms with Crippen LogP contribution in [0.25, 0.3) is 0 Å². The summed E-state index contributed by atoms with van der Waals surface area (Å²) in [5.41, 5.74) is 0.570. The minimum Gasteiger partial charge on any atom is -0.465 e. The number of alkyl halides is 1. The van der Waals surface area contributed by atoms with E-state index in [1.807, 2.05) is 20.8 Å². The lowest BCUT2D eigenvalue weighted by atomic mass is 10.3. The molecule has 1 unspecified atom stereocenters. The molecule has 0 saturated carbocycles. The molecule has 0 aliphatic rings. The van der Waals surface area contributed by atoms with Crippen molar-refractivity contribution in [2.75, 3.05) is 6.54 Å². The molecule has 0 amide bonds. The molecule has 6 heteroatoms. The maximum atomic E-state index is 12.8. The van der Waals surface area contributed by atoms with Crippen LogP contribution < -0.4 is 0 Å². The van der Waals surface area contributed by atoms with E-state index in [4.69, 9.17) is 16.0 Å². The van der Waals surface area contributed by atoms with Crippen LogP contribution in [-0.4, -0.2) is 25.3 Å². The summed E-state index contributed by atoms with van der Waals surface area (Å²) >= 11 is 5.88. The van der Waals surface area contributed by atoms with Crippen molar-refractivity contribution in [3.05, 3.63) is 17.1 Å². The summed E-state index contributed by atoms with van der Waals surface area (Å²) in [7, 11) is -3.56. The molecule has 0 fully saturated rings. The molecule has 4 nitrogen and oxygen atoms in total. The smallest absolute Gasteiger partial charge is 0.247 e. The first-order chi connectivity index (χ1) is 8.81. The summed E-state index contributed by atoms with van der Waals surface area (Å²) in [5, 5.41) is 0. The maximum absolute atomic E-state index is 12.8. The molecular formula is C13H22ClNO3S. The average molecular weight is 308 g/mol. The molecule has 0 N–H and O–H groups in total. The first-order valence-corrected chi connectivity index (χ1v) is 8.45. The van der Waals surface area contributed by atoms with Gasteiger partial charge in [0.1, 0.15) is 16.4 Å². The van der Waals surface area contributed by atoms with Gasteiger partial charge in [0.2, 0.25) is 10.0 Å². The highest BCUT2D eigenvalue weighted by Gasteiger charge is 2.33. The number of sulfonamides is 1. The summed E-state index contributed by atoms with van der Waals surface area (Å²) < 4.78 is 32.5. The summed E-state index contributed by atoms with van der Waals surface area (Å²) in [6.07, 6.45) is 0.763. The van der Waals surface area contributed by atoms with Gasteiger partial charge in [-0.2, -0.15) is 4.31 Å². The van der Waals surface area contributed by atoms with Gasteiger partial charge >= 0.3 is 0 Å². The number of aryl methyl sites for hydroxylation is 2. The van der Waals surface area contributed by atoms with E-state index in [1.54, 1.807) is 13.8 Å². The molecule has 0 radical (unpaired) electrons. The second-order valence-electron chi connectivity index (χ2n) is 4.62. The minimum atomic E-state index is -3.56. The van der Waals surface area contributed by atoms with Crippen molar-refractivity contribution in [3.8, 4) is 0 Å². The summed E-state index contributed by atoms with van der Waals surface area (Å²) in [4.78, 5) is 0.238. The second-order valence-corrected chi connectivity index (χ2v) is 6.72. The number of rotatable bonds is 6. The monoisotopic (exact) mass is 307 g/mol. The molecule has 1 atom stereocenters. The molecule has 0 saturated heterocycles. The Morgan fingerprint density at radius 3 is 2.26 bits per heavy atom. The summed E-state index contributed by atoms with van der Waals surface area (Å²) in [5.74, 6) is 1.12. The molecule has 1 aromatic heterocycles. The molecule has 1 heterocycles. The van der Waals surface area contributed by atoms with Crippen LogP contribution in [0.5, 0.6) is 0 Å².